The molecule has 0 spiro atoms. The molecule has 0 amide bonds. The third kappa shape index (κ3) is 3.90. The molecule has 0 bridgehead atoms. The molecule has 6 nitrogen and oxygen atoms in total. The molecule has 0 saturated heterocycles. The van der Waals surface area contributed by atoms with E-state index in [-0.39, 0.29) is 27.3 Å². The zero-order valence-corrected chi connectivity index (χ0v) is 16.9. The summed E-state index contributed by atoms with van der Waals surface area (Å²) < 4.78 is 43.9. The number of aromatic nitrogens is 5. The number of aliphatic hydroxyl groups is 1. The Morgan fingerprint density at radius 3 is 2.56 bits per heavy atom. The molecular formula is C16H12Br2F3N5O. The van der Waals surface area contributed by atoms with Crippen molar-refractivity contribution in [2.24, 2.45) is 0 Å². The van der Waals surface area contributed by atoms with Gasteiger partial charge >= 0.3 is 0 Å². The Morgan fingerprint density at radius 1 is 1.22 bits per heavy atom. The van der Waals surface area contributed by atoms with Gasteiger partial charge in [-0.3, -0.25) is 0 Å². The van der Waals surface area contributed by atoms with Crippen molar-refractivity contribution in [1.82, 2.24) is 24.7 Å². The van der Waals surface area contributed by atoms with Crippen LogP contribution in [-0.2, 0) is 12.1 Å². The molecule has 0 aliphatic heterocycles. The topological polar surface area (TPSA) is 76.7 Å². The first-order valence-electron chi connectivity index (χ1n) is 7.61. The highest BCUT2D eigenvalue weighted by atomic mass is 79.9. The van der Waals surface area contributed by atoms with Crippen LogP contribution in [0.2, 0.25) is 0 Å². The van der Waals surface area contributed by atoms with Crippen LogP contribution < -0.4 is 0 Å². The zero-order chi connectivity index (χ0) is 19.8. The molecule has 0 unspecified atom stereocenters. The fourth-order valence-corrected chi connectivity index (χ4v) is 3.76. The van der Waals surface area contributed by atoms with E-state index in [4.69, 9.17) is 0 Å². The van der Waals surface area contributed by atoms with Crippen molar-refractivity contribution < 1.29 is 18.3 Å². The fraction of sp³-hybridized carbons (Fsp3) is 0.250. The SMILES string of the molecule is C[C@@H](c1ncncc1F)[C@](O)(Cn1nc(Br)nc1Br)c1ccc(F)cc1F. The number of rotatable bonds is 5. The number of hydrogen-bond donors (Lipinski definition) is 1. The van der Waals surface area contributed by atoms with E-state index in [0.717, 1.165) is 24.7 Å². The van der Waals surface area contributed by atoms with Crippen LogP contribution in [0.15, 0.2) is 40.2 Å². The molecule has 2 atom stereocenters. The highest BCUT2D eigenvalue weighted by Crippen LogP contribution is 2.40. The Balaban J connectivity index is 2.16. The molecule has 3 aromatic rings. The lowest BCUT2D eigenvalue weighted by Crippen LogP contribution is -2.39. The summed E-state index contributed by atoms with van der Waals surface area (Å²) in [6, 6.07) is 2.77. The van der Waals surface area contributed by atoms with Gasteiger partial charge in [0, 0.05) is 17.5 Å². The van der Waals surface area contributed by atoms with Crippen molar-refractivity contribution >= 4 is 31.9 Å². The third-order valence-corrected chi connectivity index (χ3v) is 5.13. The van der Waals surface area contributed by atoms with Crippen LogP contribution in [0.3, 0.4) is 0 Å². The zero-order valence-electron chi connectivity index (χ0n) is 13.7. The van der Waals surface area contributed by atoms with Crippen LogP contribution >= 0.6 is 31.9 Å². The molecule has 11 heteroatoms. The van der Waals surface area contributed by atoms with Gasteiger partial charge in [0.25, 0.3) is 0 Å². The molecule has 1 aromatic carbocycles. The van der Waals surface area contributed by atoms with E-state index >= 15 is 0 Å². The van der Waals surface area contributed by atoms with Gasteiger partial charge < -0.3 is 5.11 Å². The van der Waals surface area contributed by atoms with Crippen molar-refractivity contribution in [2.45, 2.75) is 25.0 Å². The van der Waals surface area contributed by atoms with E-state index in [1.807, 2.05) is 0 Å². The second-order valence-corrected chi connectivity index (χ2v) is 7.25. The Bertz CT molecular complexity index is 986. The lowest BCUT2D eigenvalue weighted by atomic mass is 9.79. The summed E-state index contributed by atoms with van der Waals surface area (Å²) in [5, 5.41) is 15.5. The van der Waals surface area contributed by atoms with Gasteiger partial charge in [0.05, 0.1) is 18.4 Å². The van der Waals surface area contributed by atoms with Gasteiger partial charge in [-0.25, -0.2) is 27.8 Å². The van der Waals surface area contributed by atoms with E-state index < -0.39 is 29.0 Å². The van der Waals surface area contributed by atoms with E-state index in [9.17, 15) is 18.3 Å². The van der Waals surface area contributed by atoms with Crippen molar-refractivity contribution in [2.75, 3.05) is 0 Å². The molecule has 0 fully saturated rings. The van der Waals surface area contributed by atoms with E-state index in [0.29, 0.717) is 6.07 Å². The van der Waals surface area contributed by atoms with E-state index in [2.05, 4.69) is 51.9 Å². The standard InChI is InChI=1S/C16H12Br2F3N5O/c1-8(13-12(21)5-22-7-23-13)16(27,6-26-15(18)24-14(17)25-26)10-3-2-9(19)4-11(10)20/h2-5,7-8,27H,6H2,1H3/t8-,16+/m0/s1. The number of hydrogen-bond acceptors (Lipinski definition) is 5. The fourth-order valence-electron chi connectivity index (χ4n) is 2.79. The highest BCUT2D eigenvalue weighted by molar-refractivity contribution is 9.11. The maximum absolute atomic E-state index is 14.5. The second-order valence-electron chi connectivity index (χ2n) is 5.83. The van der Waals surface area contributed by atoms with Gasteiger partial charge in [-0.2, -0.15) is 4.98 Å². The van der Waals surface area contributed by atoms with Gasteiger partial charge in [0.15, 0.2) is 10.6 Å². The van der Waals surface area contributed by atoms with Crippen LogP contribution in [-0.4, -0.2) is 29.8 Å². The van der Waals surface area contributed by atoms with Gasteiger partial charge in [0.2, 0.25) is 4.73 Å². The Hall–Kier alpha value is -1.85. The van der Waals surface area contributed by atoms with E-state index in [1.165, 1.54) is 11.6 Å². The Morgan fingerprint density at radius 2 is 1.96 bits per heavy atom. The monoisotopic (exact) mass is 505 g/mol. The molecule has 27 heavy (non-hydrogen) atoms. The smallest absolute Gasteiger partial charge is 0.218 e. The maximum atomic E-state index is 14.5. The van der Waals surface area contributed by atoms with Gasteiger partial charge in [0.1, 0.15) is 23.6 Å². The first-order chi connectivity index (χ1) is 12.7. The second kappa shape index (κ2) is 7.64. The summed E-state index contributed by atoms with van der Waals surface area (Å²) in [6.07, 6.45) is 2.07. The first kappa shape index (κ1) is 19.9. The van der Waals surface area contributed by atoms with Gasteiger partial charge in [-0.15, -0.1) is 5.10 Å². The Labute approximate surface area is 168 Å². The van der Waals surface area contributed by atoms with Gasteiger partial charge in [-0.1, -0.05) is 13.0 Å². The average molecular weight is 507 g/mol. The van der Waals surface area contributed by atoms with Crippen molar-refractivity contribution in [3.8, 4) is 0 Å². The van der Waals surface area contributed by atoms with Crippen molar-refractivity contribution in [3.63, 3.8) is 0 Å². The molecule has 2 heterocycles. The largest absolute Gasteiger partial charge is 0.382 e. The van der Waals surface area contributed by atoms with E-state index in [1.54, 1.807) is 0 Å². The predicted molar refractivity (Wildman–Crippen MR) is 96.1 cm³/mol. The van der Waals surface area contributed by atoms with Crippen LogP contribution in [0.5, 0.6) is 0 Å². The minimum Gasteiger partial charge on any atom is -0.382 e. The van der Waals surface area contributed by atoms with Crippen LogP contribution in [0.25, 0.3) is 0 Å². The molecular weight excluding hydrogens is 495 g/mol. The predicted octanol–water partition coefficient (Wildman–Crippen LogP) is 3.70. The van der Waals surface area contributed by atoms with Crippen LogP contribution in [0.4, 0.5) is 13.2 Å². The average Bonchev–Trinajstić information content (AvgIpc) is 2.91. The third-order valence-electron chi connectivity index (χ3n) is 4.21. The molecule has 142 valence electrons. The highest BCUT2D eigenvalue weighted by Gasteiger charge is 2.42. The molecule has 0 saturated carbocycles. The molecule has 0 aliphatic rings. The summed E-state index contributed by atoms with van der Waals surface area (Å²) in [5.74, 6) is -3.57. The summed E-state index contributed by atoms with van der Waals surface area (Å²) in [4.78, 5) is 11.5. The van der Waals surface area contributed by atoms with Crippen molar-refractivity contribution in [3.05, 3.63) is 68.9 Å². The number of nitrogens with zero attached hydrogens (tertiary/aromatic N) is 5. The number of benzene rings is 1. The molecule has 2 aromatic heterocycles. The number of halogens is 5. The molecule has 0 aliphatic carbocycles. The molecule has 1 N–H and O–H groups in total. The summed E-state index contributed by atoms with van der Waals surface area (Å²) in [5.41, 5.74) is -2.37. The molecule has 0 radical (unpaired) electrons. The Kier molecular flexibility index (Phi) is 5.63. The minimum absolute atomic E-state index is 0.119. The lowest BCUT2D eigenvalue weighted by molar-refractivity contribution is -0.0140. The quantitative estimate of drug-likeness (QED) is 0.571. The van der Waals surface area contributed by atoms with Crippen molar-refractivity contribution in [1.29, 1.82) is 0 Å². The van der Waals surface area contributed by atoms with Crippen LogP contribution in [0.1, 0.15) is 24.1 Å². The maximum Gasteiger partial charge on any atom is 0.218 e. The summed E-state index contributed by atoms with van der Waals surface area (Å²) >= 11 is 6.29. The normalized spacial score (nSPS) is 14.8. The minimum atomic E-state index is -2.03. The first-order valence-corrected chi connectivity index (χ1v) is 9.20. The molecule has 3 rings (SSSR count). The lowest BCUT2D eigenvalue weighted by Gasteiger charge is -2.34. The summed E-state index contributed by atoms with van der Waals surface area (Å²) in [6.45, 7) is 1.17. The summed E-state index contributed by atoms with van der Waals surface area (Å²) in [7, 11) is 0. The van der Waals surface area contributed by atoms with Crippen LogP contribution in [0, 0.1) is 17.5 Å². The van der Waals surface area contributed by atoms with Gasteiger partial charge in [-0.05, 0) is 37.9 Å².